The van der Waals surface area contributed by atoms with E-state index in [2.05, 4.69) is 16.0 Å². The minimum absolute atomic E-state index is 0. The highest BCUT2D eigenvalue weighted by molar-refractivity contribution is 5.99. The molecule has 0 spiro atoms. The van der Waals surface area contributed by atoms with Crippen molar-refractivity contribution in [3.63, 3.8) is 0 Å². The molecule has 2 amide bonds. The van der Waals surface area contributed by atoms with Crippen LogP contribution >= 0.6 is 12.4 Å². The van der Waals surface area contributed by atoms with Crippen molar-refractivity contribution >= 4 is 29.9 Å². The van der Waals surface area contributed by atoms with Gasteiger partial charge in [0.15, 0.2) is 0 Å². The molecule has 1 aliphatic rings. The first-order chi connectivity index (χ1) is 9.63. The summed E-state index contributed by atoms with van der Waals surface area (Å²) in [7, 11) is 0. The fourth-order valence-electron chi connectivity index (χ4n) is 2.39. The second-order valence-corrected chi connectivity index (χ2v) is 4.95. The number of benzene rings is 1. The van der Waals surface area contributed by atoms with Crippen LogP contribution in [0.3, 0.4) is 0 Å². The largest absolute Gasteiger partial charge is 0.385 e. The number of nitrogens with one attached hydrogen (secondary N) is 3. The fourth-order valence-corrected chi connectivity index (χ4v) is 2.39. The zero-order valence-corrected chi connectivity index (χ0v) is 13.2. The van der Waals surface area contributed by atoms with Crippen molar-refractivity contribution in [2.24, 2.45) is 0 Å². The van der Waals surface area contributed by atoms with E-state index in [9.17, 15) is 9.59 Å². The van der Waals surface area contributed by atoms with E-state index in [1.807, 2.05) is 25.1 Å². The Morgan fingerprint density at radius 2 is 2.14 bits per heavy atom. The molecule has 3 N–H and O–H groups in total. The summed E-state index contributed by atoms with van der Waals surface area (Å²) in [6.45, 7) is 5.04. The van der Waals surface area contributed by atoms with Gasteiger partial charge in [-0.05, 0) is 44.4 Å². The molecular formula is C15H22ClN3O2. The minimum atomic E-state index is -0.533. The van der Waals surface area contributed by atoms with Gasteiger partial charge in [0, 0.05) is 24.3 Å². The van der Waals surface area contributed by atoms with Gasteiger partial charge in [-0.25, -0.2) is 0 Å². The quantitative estimate of drug-likeness (QED) is 0.793. The molecule has 1 unspecified atom stereocenters. The second-order valence-electron chi connectivity index (χ2n) is 4.95. The number of amides is 2. The molecule has 5 nitrogen and oxygen atoms in total. The molecule has 2 rings (SSSR count). The van der Waals surface area contributed by atoms with Crippen LogP contribution in [0.2, 0.25) is 0 Å². The van der Waals surface area contributed by atoms with E-state index in [-0.39, 0.29) is 24.2 Å². The van der Waals surface area contributed by atoms with Gasteiger partial charge in [-0.3, -0.25) is 9.59 Å². The van der Waals surface area contributed by atoms with Crippen LogP contribution in [0.25, 0.3) is 0 Å². The third-order valence-corrected chi connectivity index (χ3v) is 3.43. The average Bonchev–Trinajstić information content (AvgIpc) is 2.46. The summed E-state index contributed by atoms with van der Waals surface area (Å²) in [5, 5.41) is 8.75. The van der Waals surface area contributed by atoms with Gasteiger partial charge >= 0.3 is 0 Å². The average molecular weight is 312 g/mol. The van der Waals surface area contributed by atoms with E-state index in [0.29, 0.717) is 12.1 Å². The number of anilines is 1. The molecule has 0 saturated carbocycles. The van der Waals surface area contributed by atoms with E-state index in [1.54, 1.807) is 6.92 Å². The highest BCUT2D eigenvalue weighted by atomic mass is 35.5. The van der Waals surface area contributed by atoms with Crippen molar-refractivity contribution in [1.29, 1.82) is 0 Å². The van der Waals surface area contributed by atoms with E-state index >= 15 is 0 Å². The Hall–Kier alpha value is -1.75. The zero-order chi connectivity index (χ0) is 14.5. The lowest BCUT2D eigenvalue weighted by Crippen LogP contribution is -2.45. The van der Waals surface area contributed by atoms with E-state index in [4.69, 9.17) is 0 Å². The molecule has 0 aliphatic carbocycles. The minimum Gasteiger partial charge on any atom is -0.385 e. The first-order valence-corrected chi connectivity index (χ1v) is 7.07. The molecular weight excluding hydrogens is 290 g/mol. The summed E-state index contributed by atoms with van der Waals surface area (Å²) in [6.07, 6.45) is 1.91. The Morgan fingerprint density at radius 1 is 1.38 bits per heavy atom. The van der Waals surface area contributed by atoms with Crippen molar-refractivity contribution < 1.29 is 9.59 Å². The molecule has 1 aromatic carbocycles. The molecule has 1 heterocycles. The Bertz CT molecular complexity index is 520. The number of hydrogen-bond donors (Lipinski definition) is 3. The van der Waals surface area contributed by atoms with Gasteiger partial charge in [0.05, 0.1) is 0 Å². The van der Waals surface area contributed by atoms with E-state index < -0.39 is 6.04 Å². The highest BCUT2D eigenvalue weighted by Gasteiger charge is 2.20. The molecule has 1 aromatic rings. The van der Waals surface area contributed by atoms with Crippen LogP contribution in [0.1, 0.15) is 36.2 Å². The van der Waals surface area contributed by atoms with Gasteiger partial charge < -0.3 is 16.0 Å². The maximum absolute atomic E-state index is 12.3. The maximum atomic E-state index is 12.3. The maximum Gasteiger partial charge on any atom is 0.252 e. The second kappa shape index (κ2) is 7.88. The van der Waals surface area contributed by atoms with Crippen molar-refractivity contribution in [3.05, 3.63) is 29.3 Å². The zero-order valence-electron chi connectivity index (χ0n) is 12.4. The molecule has 116 valence electrons. The monoisotopic (exact) mass is 311 g/mol. The molecule has 0 aromatic heterocycles. The molecule has 6 heteroatoms. The molecule has 0 fully saturated rings. The number of likely N-dealkylation sites (N-methyl/N-ethyl adjacent to an activating group) is 1. The lowest BCUT2D eigenvalue weighted by molar-refractivity contribution is -0.122. The van der Waals surface area contributed by atoms with Gasteiger partial charge in [0.1, 0.15) is 6.04 Å². The summed E-state index contributed by atoms with van der Waals surface area (Å²) in [5.74, 6) is -0.354. The highest BCUT2D eigenvalue weighted by Crippen LogP contribution is 2.25. The van der Waals surface area contributed by atoms with Crippen LogP contribution in [-0.2, 0) is 11.2 Å². The summed E-state index contributed by atoms with van der Waals surface area (Å²) in [4.78, 5) is 24.0. The molecule has 0 radical (unpaired) electrons. The van der Waals surface area contributed by atoms with Crippen molar-refractivity contribution in [1.82, 2.24) is 10.6 Å². The molecule has 21 heavy (non-hydrogen) atoms. The summed E-state index contributed by atoms with van der Waals surface area (Å²) < 4.78 is 0. The Labute approximate surface area is 131 Å². The van der Waals surface area contributed by atoms with Gasteiger partial charge in [-0.1, -0.05) is 6.07 Å². The predicted molar refractivity (Wildman–Crippen MR) is 86.1 cm³/mol. The fraction of sp³-hybridized carbons (Fsp3) is 0.467. The third-order valence-electron chi connectivity index (χ3n) is 3.43. The summed E-state index contributed by atoms with van der Waals surface area (Å²) in [6, 6.07) is 5.13. The van der Waals surface area contributed by atoms with Gasteiger partial charge in [-0.2, -0.15) is 0 Å². The molecule has 0 saturated heterocycles. The number of carbonyl (C=O) groups excluding carboxylic acids is 2. The Balaban J connectivity index is 0.00000220. The first kappa shape index (κ1) is 17.3. The van der Waals surface area contributed by atoms with Gasteiger partial charge in [-0.15, -0.1) is 12.4 Å². The smallest absolute Gasteiger partial charge is 0.252 e. The van der Waals surface area contributed by atoms with Crippen LogP contribution in [-0.4, -0.2) is 30.9 Å². The topological polar surface area (TPSA) is 70.2 Å². The summed E-state index contributed by atoms with van der Waals surface area (Å²) in [5.41, 5.74) is 2.72. The number of fused-ring (bicyclic) bond motifs is 1. The van der Waals surface area contributed by atoms with Crippen LogP contribution in [0.15, 0.2) is 18.2 Å². The SMILES string of the molecule is CCNC(=O)C(C)NC(=O)c1cccc2c1CCCN2.Cl. The molecule has 0 bridgehead atoms. The lowest BCUT2D eigenvalue weighted by Gasteiger charge is -2.21. The van der Waals surface area contributed by atoms with Crippen LogP contribution in [0.4, 0.5) is 5.69 Å². The van der Waals surface area contributed by atoms with Gasteiger partial charge in [0.2, 0.25) is 5.91 Å². The Kier molecular flexibility index (Phi) is 6.49. The number of halogens is 1. The lowest BCUT2D eigenvalue weighted by atomic mass is 9.97. The van der Waals surface area contributed by atoms with E-state index in [1.165, 1.54) is 0 Å². The molecule has 1 aliphatic heterocycles. The first-order valence-electron chi connectivity index (χ1n) is 7.07. The van der Waals surface area contributed by atoms with Crippen molar-refractivity contribution in [2.45, 2.75) is 32.7 Å². The summed E-state index contributed by atoms with van der Waals surface area (Å²) >= 11 is 0. The van der Waals surface area contributed by atoms with E-state index in [0.717, 1.165) is 30.6 Å². The van der Waals surface area contributed by atoms with Crippen LogP contribution < -0.4 is 16.0 Å². The third kappa shape index (κ3) is 4.11. The van der Waals surface area contributed by atoms with Crippen molar-refractivity contribution in [3.8, 4) is 0 Å². The normalized spacial score (nSPS) is 14.0. The molecule has 1 atom stereocenters. The van der Waals surface area contributed by atoms with Crippen LogP contribution in [0, 0.1) is 0 Å². The number of hydrogen-bond acceptors (Lipinski definition) is 3. The number of carbonyl (C=O) groups is 2. The predicted octanol–water partition coefficient (Wildman–Crippen LogP) is 1.72. The Morgan fingerprint density at radius 3 is 2.86 bits per heavy atom. The van der Waals surface area contributed by atoms with Crippen molar-refractivity contribution in [2.75, 3.05) is 18.4 Å². The van der Waals surface area contributed by atoms with Crippen LogP contribution in [0.5, 0.6) is 0 Å². The number of rotatable bonds is 4. The van der Waals surface area contributed by atoms with Gasteiger partial charge in [0.25, 0.3) is 5.91 Å². The standard InChI is InChI=1S/C15H21N3O2.ClH/c1-3-16-14(19)10(2)18-15(20)12-6-4-8-13-11(12)7-5-9-17-13;/h4,6,8,10,17H,3,5,7,9H2,1-2H3,(H,16,19)(H,18,20);1H.